The van der Waals surface area contributed by atoms with Crippen LogP contribution >= 0.6 is 0 Å². The summed E-state index contributed by atoms with van der Waals surface area (Å²) in [7, 11) is -8.68. The molecule has 0 unspecified atom stereocenters. The molecule has 0 atom stereocenters. The number of phenols is 1. The molecule has 194 valence electrons. The molecule has 0 bridgehead atoms. The fraction of sp³-hybridized carbons (Fsp3) is 0.214. The van der Waals surface area contributed by atoms with Crippen molar-refractivity contribution < 1.29 is 21.9 Å². The van der Waals surface area contributed by atoms with E-state index in [2.05, 4.69) is 0 Å². The minimum atomic E-state index is -4.45. The van der Waals surface area contributed by atoms with Gasteiger partial charge in [0.1, 0.15) is 5.75 Å². The van der Waals surface area contributed by atoms with Crippen LogP contribution in [0.4, 0.5) is 11.4 Å². The number of sulfonamides is 2. The average molecular weight is 539 g/mol. The van der Waals surface area contributed by atoms with Gasteiger partial charge in [-0.3, -0.25) is 0 Å². The number of benzene rings is 4. The van der Waals surface area contributed by atoms with Crippen LogP contribution in [-0.2, 0) is 20.0 Å². The fourth-order valence-corrected chi connectivity index (χ4v) is 7.73. The third-order valence-corrected chi connectivity index (χ3v) is 9.03. The Kier molecular flexibility index (Phi) is 6.60. The predicted molar refractivity (Wildman–Crippen MR) is 148 cm³/mol. The van der Waals surface area contributed by atoms with E-state index in [1.807, 2.05) is 65.8 Å². The van der Waals surface area contributed by atoms with Crippen LogP contribution in [-0.4, -0.2) is 21.9 Å². The first-order chi connectivity index (χ1) is 17.1. The van der Waals surface area contributed by atoms with E-state index in [1.165, 1.54) is 28.6 Å². The largest absolute Gasteiger partial charge is 0.508 e. The summed E-state index contributed by atoms with van der Waals surface area (Å²) in [6.07, 6.45) is 0. The highest BCUT2D eigenvalue weighted by atomic mass is 32.2. The van der Waals surface area contributed by atoms with Gasteiger partial charge in [-0.15, -0.1) is 0 Å². The molecule has 0 spiro atoms. The highest BCUT2D eigenvalue weighted by molar-refractivity contribution is 7.93. The zero-order valence-electron chi connectivity index (χ0n) is 21.6. The van der Waals surface area contributed by atoms with Gasteiger partial charge in [0.05, 0.1) is 21.2 Å². The highest BCUT2D eigenvalue weighted by Crippen LogP contribution is 2.43. The molecular weight excluding hydrogens is 508 g/mol. The molecule has 0 saturated carbocycles. The van der Waals surface area contributed by atoms with E-state index in [1.54, 1.807) is 0 Å². The van der Waals surface area contributed by atoms with Crippen LogP contribution in [0.1, 0.15) is 33.4 Å². The van der Waals surface area contributed by atoms with Crippen molar-refractivity contribution in [3.8, 4) is 5.75 Å². The van der Waals surface area contributed by atoms with Gasteiger partial charge in [-0.2, -0.15) is 0 Å². The Hall–Kier alpha value is -3.40. The summed E-state index contributed by atoms with van der Waals surface area (Å²) < 4.78 is 55.4. The fourth-order valence-electron chi connectivity index (χ4n) is 5.10. The van der Waals surface area contributed by atoms with Crippen LogP contribution < -0.4 is 9.44 Å². The lowest BCUT2D eigenvalue weighted by atomic mass is 10.0. The van der Waals surface area contributed by atoms with Gasteiger partial charge >= 0.3 is 0 Å². The Bertz CT molecular complexity index is 1690. The van der Waals surface area contributed by atoms with Crippen molar-refractivity contribution >= 4 is 42.2 Å². The lowest BCUT2D eigenvalue weighted by Gasteiger charge is -2.31. The summed E-state index contributed by atoms with van der Waals surface area (Å²) in [6.45, 7) is 11.3. The monoisotopic (exact) mass is 538 g/mol. The summed E-state index contributed by atoms with van der Waals surface area (Å²) in [4.78, 5) is -0.609. The zero-order chi connectivity index (χ0) is 27.4. The quantitative estimate of drug-likeness (QED) is 0.344. The van der Waals surface area contributed by atoms with Gasteiger partial charge in [0.2, 0.25) is 10.0 Å². The maximum absolute atomic E-state index is 14.7. The molecule has 0 amide bonds. The van der Waals surface area contributed by atoms with E-state index in [9.17, 15) is 21.9 Å². The maximum atomic E-state index is 14.7. The molecule has 4 aromatic carbocycles. The van der Waals surface area contributed by atoms with Crippen molar-refractivity contribution in [3.05, 3.63) is 88.0 Å². The van der Waals surface area contributed by atoms with Gasteiger partial charge in [0.25, 0.3) is 10.0 Å². The van der Waals surface area contributed by atoms with Crippen molar-refractivity contribution in [2.45, 2.75) is 51.3 Å². The molecular formula is C28H30N2O5S2. The first kappa shape index (κ1) is 26.7. The van der Waals surface area contributed by atoms with E-state index in [-0.39, 0.29) is 20.9 Å². The van der Waals surface area contributed by atoms with Gasteiger partial charge in [-0.1, -0.05) is 41.5 Å². The van der Waals surface area contributed by atoms with Gasteiger partial charge < -0.3 is 5.11 Å². The lowest BCUT2D eigenvalue weighted by molar-refractivity contribution is 0.476. The smallest absolute Gasteiger partial charge is 0.269 e. The van der Waals surface area contributed by atoms with Gasteiger partial charge in [-0.25, -0.2) is 26.3 Å². The van der Waals surface area contributed by atoms with Crippen LogP contribution in [0.25, 0.3) is 10.8 Å². The third kappa shape index (κ3) is 4.82. The number of phenolic OH excluding ortho intramolecular Hbond substituents is 1. The van der Waals surface area contributed by atoms with Crippen LogP contribution in [0.5, 0.6) is 5.75 Å². The number of aryl methyl sites for hydroxylation is 6. The molecule has 0 heterocycles. The molecule has 3 N–H and O–H groups in total. The zero-order valence-corrected chi connectivity index (χ0v) is 23.3. The molecule has 0 aliphatic carbocycles. The van der Waals surface area contributed by atoms with E-state index < -0.39 is 20.0 Å². The Labute approximate surface area is 218 Å². The summed E-state index contributed by atoms with van der Waals surface area (Å²) >= 11 is 0. The number of nitrogens with two attached hydrogens (primary N) is 1. The van der Waals surface area contributed by atoms with Crippen LogP contribution in [0.2, 0.25) is 0 Å². The molecule has 9 heteroatoms. The average Bonchev–Trinajstić information content (AvgIpc) is 2.75. The molecule has 0 saturated heterocycles. The predicted octanol–water partition coefficient (Wildman–Crippen LogP) is 5.57. The molecule has 0 aliphatic heterocycles. The second-order valence-electron chi connectivity index (χ2n) is 9.64. The number of fused-ring (bicyclic) bond motifs is 1. The van der Waals surface area contributed by atoms with Crippen LogP contribution in [0.15, 0.2) is 64.4 Å². The first-order valence-corrected chi connectivity index (χ1v) is 14.6. The van der Waals surface area contributed by atoms with E-state index >= 15 is 0 Å². The van der Waals surface area contributed by atoms with Crippen molar-refractivity contribution in [1.29, 1.82) is 0 Å². The van der Waals surface area contributed by atoms with Gasteiger partial charge in [0.15, 0.2) is 0 Å². The van der Waals surface area contributed by atoms with Crippen LogP contribution in [0.3, 0.4) is 0 Å². The molecule has 7 nitrogen and oxygen atoms in total. The molecule has 0 radical (unpaired) electrons. The Morgan fingerprint density at radius 1 is 0.676 bits per heavy atom. The number of aromatic hydroxyl groups is 1. The minimum Gasteiger partial charge on any atom is -0.508 e. The lowest BCUT2D eigenvalue weighted by Crippen LogP contribution is -2.30. The Balaban J connectivity index is 2.20. The Morgan fingerprint density at radius 3 is 1.57 bits per heavy atom. The standard InChI is InChI=1S/C28H30N2O5S2/c1-16-9-18(3)27(19(4)10-16)30(28-20(5)11-17(2)12-21(28)6)37(34,35)26-15-24(36(29,32)33)13-22-7-8-23(31)14-25(22)26/h7-15,31H,1-6H3,(H2,29,32,33). The summed E-state index contributed by atoms with van der Waals surface area (Å²) in [6, 6.07) is 14.2. The van der Waals surface area contributed by atoms with E-state index in [0.29, 0.717) is 16.8 Å². The number of primary sulfonamides is 1. The molecule has 0 fully saturated rings. The van der Waals surface area contributed by atoms with Crippen molar-refractivity contribution in [2.24, 2.45) is 5.14 Å². The van der Waals surface area contributed by atoms with E-state index in [0.717, 1.165) is 39.4 Å². The number of nitrogens with zero attached hydrogens (tertiary/aromatic N) is 1. The first-order valence-electron chi connectivity index (χ1n) is 11.6. The number of hydrogen-bond donors (Lipinski definition) is 2. The summed E-state index contributed by atoms with van der Waals surface area (Å²) in [5, 5.41) is 16.1. The van der Waals surface area contributed by atoms with Crippen molar-refractivity contribution in [2.75, 3.05) is 4.31 Å². The second kappa shape index (κ2) is 9.16. The topological polar surface area (TPSA) is 118 Å². The van der Waals surface area contributed by atoms with Crippen molar-refractivity contribution in [3.63, 3.8) is 0 Å². The van der Waals surface area contributed by atoms with Gasteiger partial charge in [-0.05, 0) is 93.4 Å². The molecule has 0 aromatic heterocycles. The third-order valence-electron chi connectivity index (χ3n) is 6.40. The molecule has 4 rings (SSSR count). The molecule has 0 aliphatic rings. The minimum absolute atomic E-state index is 0.149. The summed E-state index contributed by atoms with van der Waals surface area (Å²) in [5.74, 6) is -0.149. The Morgan fingerprint density at radius 2 is 1.14 bits per heavy atom. The SMILES string of the molecule is Cc1cc(C)c(N(c2c(C)cc(C)cc2C)S(=O)(=O)c2cc(S(N)(=O)=O)cc3ccc(O)cc23)c(C)c1. The number of rotatable bonds is 5. The highest BCUT2D eigenvalue weighted by Gasteiger charge is 2.34. The van der Waals surface area contributed by atoms with E-state index in [4.69, 9.17) is 5.14 Å². The number of anilines is 2. The molecule has 37 heavy (non-hydrogen) atoms. The summed E-state index contributed by atoms with van der Waals surface area (Å²) in [5.41, 5.74) is 5.92. The maximum Gasteiger partial charge on any atom is 0.269 e. The molecule has 4 aromatic rings. The van der Waals surface area contributed by atoms with Crippen molar-refractivity contribution in [1.82, 2.24) is 0 Å². The number of hydrogen-bond acceptors (Lipinski definition) is 5. The normalized spacial score (nSPS) is 12.2. The van der Waals surface area contributed by atoms with Gasteiger partial charge in [0, 0.05) is 5.39 Å². The van der Waals surface area contributed by atoms with Crippen LogP contribution in [0, 0.1) is 41.5 Å². The second-order valence-corrected chi connectivity index (χ2v) is 13.0.